The van der Waals surface area contributed by atoms with Crippen molar-refractivity contribution in [2.45, 2.75) is 44.5 Å². The molecule has 0 aromatic heterocycles. The molecule has 0 aliphatic carbocycles. The first-order valence-corrected chi connectivity index (χ1v) is 5.88. The van der Waals surface area contributed by atoms with Crippen LogP contribution in [0, 0.1) is 17.2 Å². The maximum absolute atomic E-state index is 8.67. The maximum Gasteiger partial charge on any atom is 0.133 e. The smallest absolute Gasteiger partial charge is 0.133 e. The third-order valence-electron chi connectivity index (χ3n) is 3.22. The van der Waals surface area contributed by atoms with Crippen LogP contribution in [0.2, 0.25) is 0 Å². The van der Waals surface area contributed by atoms with Crippen molar-refractivity contribution in [1.82, 2.24) is 4.90 Å². The highest BCUT2D eigenvalue weighted by molar-refractivity contribution is 6.22. The predicted octanol–water partition coefficient (Wildman–Crippen LogP) is 2.63. The number of rotatable bonds is 3. The molecule has 1 saturated heterocycles. The Hall–Kier alpha value is -0.260. The van der Waals surface area contributed by atoms with E-state index in [9.17, 15) is 0 Å². The zero-order valence-electron chi connectivity index (χ0n) is 9.04. The van der Waals surface area contributed by atoms with Crippen LogP contribution in [-0.4, -0.2) is 29.4 Å². The Balaban J connectivity index is 2.44. The zero-order valence-corrected chi connectivity index (χ0v) is 9.80. The summed E-state index contributed by atoms with van der Waals surface area (Å²) in [6.07, 6.45) is 3.81. The van der Waals surface area contributed by atoms with Gasteiger partial charge in [0.2, 0.25) is 0 Å². The highest BCUT2D eigenvalue weighted by atomic mass is 35.5. The van der Waals surface area contributed by atoms with Crippen LogP contribution in [0.1, 0.15) is 33.1 Å². The molecule has 0 N–H and O–H groups in total. The van der Waals surface area contributed by atoms with Gasteiger partial charge in [0.05, 0.1) is 6.07 Å². The summed E-state index contributed by atoms with van der Waals surface area (Å²) >= 11 is 5.85. The molecule has 0 aromatic carbocycles. The molecular formula is C11H19ClN2. The third-order valence-corrected chi connectivity index (χ3v) is 3.46. The van der Waals surface area contributed by atoms with Crippen molar-refractivity contribution >= 4 is 11.6 Å². The second-order valence-electron chi connectivity index (χ2n) is 4.25. The number of alkyl halides is 1. The van der Waals surface area contributed by atoms with E-state index in [1.807, 2.05) is 0 Å². The third kappa shape index (κ3) is 3.15. The highest BCUT2D eigenvalue weighted by Crippen LogP contribution is 2.24. The molecule has 1 fully saturated rings. The second-order valence-corrected chi connectivity index (χ2v) is 4.78. The minimum absolute atomic E-state index is 0.354. The molecule has 3 atom stereocenters. The maximum atomic E-state index is 8.67. The number of halogens is 1. The van der Waals surface area contributed by atoms with Crippen LogP contribution >= 0.6 is 11.6 Å². The Morgan fingerprint density at radius 2 is 2.29 bits per heavy atom. The molecule has 0 amide bonds. The first-order valence-electron chi connectivity index (χ1n) is 5.45. The molecular weight excluding hydrogens is 196 g/mol. The molecule has 1 unspecified atom stereocenters. The van der Waals surface area contributed by atoms with E-state index < -0.39 is 0 Å². The van der Waals surface area contributed by atoms with Gasteiger partial charge in [-0.1, -0.05) is 13.3 Å². The first-order chi connectivity index (χ1) is 6.67. The summed E-state index contributed by atoms with van der Waals surface area (Å²) in [4.78, 5) is 2.36. The molecule has 2 nitrogen and oxygen atoms in total. The lowest BCUT2D eigenvalue weighted by atomic mass is 9.91. The van der Waals surface area contributed by atoms with Gasteiger partial charge in [0.1, 0.15) is 5.38 Å². The lowest BCUT2D eigenvalue weighted by Gasteiger charge is -2.37. The number of hydrogen-bond donors (Lipinski definition) is 0. The first kappa shape index (κ1) is 11.8. The average molecular weight is 215 g/mol. The average Bonchev–Trinajstić information content (AvgIpc) is 2.21. The number of piperidine rings is 1. The Morgan fingerprint density at radius 3 is 2.86 bits per heavy atom. The Kier molecular flexibility index (Phi) is 4.71. The monoisotopic (exact) mass is 214 g/mol. The van der Waals surface area contributed by atoms with Crippen LogP contribution in [0.3, 0.4) is 0 Å². The summed E-state index contributed by atoms with van der Waals surface area (Å²) in [5, 5.41) is 8.31. The fourth-order valence-electron chi connectivity index (χ4n) is 2.10. The number of nitrogens with zero attached hydrogens (tertiary/aromatic N) is 2. The summed E-state index contributed by atoms with van der Waals surface area (Å²) < 4.78 is 0. The standard InChI is InChI=1S/C11H19ClN2/c1-3-10-5-4-9(2)14(7-10)8-11(12)6-13/h9-11H,3-5,7-8H2,1-2H3/t9-,10+,11?/m0/s1. The van der Waals surface area contributed by atoms with Gasteiger partial charge in [-0.15, -0.1) is 11.6 Å². The van der Waals surface area contributed by atoms with Gasteiger partial charge in [0.15, 0.2) is 0 Å². The molecule has 3 heteroatoms. The van der Waals surface area contributed by atoms with E-state index in [-0.39, 0.29) is 5.38 Å². The quantitative estimate of drug-likeness (QED) is 0.676. The molecule has 0 bridgehead atoms. The summed E-state index contributed by atoms with van der Waals surface area (Å²) in [6.45, 7) is 6.30. The van der Waals surface area contributed by atoms with Crippen molar-refractivity contribution in [3.8, 4) is 6.07 Å². The van der Waals surface area contributed by atoms with Gasteiger partial charge >= 0.3 is 0 Å². The lowest BCUT2D eigenvalue weighted by molar-refractivity contribution is 0.119. The van der Waals surface area contributed by atoms with E-state index in [1.165, 1.54) is 19.3 Å². The van der Waals surface area contributed by atoms with Crippen LogP contribution in [-0.2, 0) is 0 Å². The molecule has 80 valence electrons. The molecule has 1 aliphatic heterocycles. The minimum Gasteiger partial charge on any atom is -0.298 e. The Morgan fingerprint density at radius 1 is 1.57 bits per heavy atom. The van der Waals surface area contributed by atoms with Crippen molar-refractivity contribution in [2.75, 3.05) is 13.1 Å². The van der Waals surface area contributed by atoms with Gasteiger partial charge in [-0.2, -0.15) is 5.26 Å². The van der Waals surface area contributed by atoms with Crippen LogP contribution < -0.4 is 0 Å². The molecule has 1 heterocycles. The van der Waals surface area contributed by atoms with Gasteiger partial charge in [0.25, 0.3) is 0 Å². The zero-order chi connectivity index (χ0) is 10.6. The number of hydrogen-bond acceptors (Lipinski definition) is 2. The summed E-state index contributed by atoms with van der Waals surface area (Å²) in [7, 11) is 0. The fourth-order valence-corrected chi connectivity index (χ4v) is 2.27. The van der Waals surface area contributed by atoms with Crippen molar-refractivity contribution < 1.29 is 0 Å². The van der Waals surface area contributed by atoms with E-state index in [2.05, 4.69) is 24.8 Å². The highest BCUT2D eigenvalue weighted by Gasteiger charge is 2.25. The molecule has 0 radical (unpaired) electrons. The van der Waals surface area contributed by atoms with Crippen LogP contribution in [0.15, 0.2) is 0 Å². The van der Waals surface area contributed by atoms with E-state index in [1.54, 1.807) is 0 Å². The largest absolute Gasteiger partial charge is 0.298 e. The molecule has 0 aromatic rings. The number of nitriles is 1. The van der Waals surface area contributed by atoms with Gasteiger partial charge < -0.3 is 0 Å². The summed E-state index contributed by atoms with van der Waals surface area (Å²) in [5.74, 6) is 0.800. The second kappa shape index (κ2) is 5.58. The topological polar surface area (TPSA) is 27.0 Å². The molecule has 0 spiro atoms. The number of likely N-dealkylation sites (tertiary alicyclic amines) is 1. The Labute approximate surface area is 91.8 Å². The predicted molar refractivity (Wildman–Crippen MR) is 59.3 cm³/mol. The van der Waals surface area contributed by atoms with Gasteiger partial charge in [-0.3, -0.25) is 4.90 Å². The van der Waals surface area contributed by atoms with E-state index in [0.717, 1.165) is 19.0 Å². The van der Waals surface area contributed by atoms with Gasteiger partial charge in [-0.25, -0.2) is 0 Å². The van der Waals surface area contributed by atoms with Crippen molar-refractivity contribution in [1.29, 1.82) is 5.26 Å². The van der Waals surface area contributed by atoms with Crippen LogP contribution in [0.5, 0.6) is 0 Å². The lowest BCUT2D eigenvalue weighted by Crippen LogP contribution is -2.44. The minimum atomic E-state index is -0.354. The summed E-state index contributed by atoms with van der Waals surface area (Å²) in [6, 6.07) is 2.68. The van der Waals surface area contributed by atoms with Gasteiger partial charge in [-0.05, 0) is 25.7 Å². The molecule has 14 heavy (non-hydrogen) atoms. The van der Waals surface area contributed by atoms with Crippen molar-refractivity contribution in [3.05, 3.63) is 0 Å². The Bertz CT molecular complexity index is 212. The van der Waals surface area contributed by atoms with Crippen LogP contribution in [0.4, 0.5) is 0 Å². The fraction of sp³-hybridized carbons (Fsp3) is 0.909. The van der Waals surface area contributed by atoms with E-state index in [4.69, 9.17) is 16.9 Å². The van der Waals surface area contributed by atoms with Crippen molar-refractivity contribution in [2.24, 2.45) is 5.92 Å². The van der Waals surface area contributed by atoms with E-state index in [0.29, 0.717) is 6.04 Å². The van der Waals surface area contributed by atoms with Gasteiger partial charge in [0, 0.05) is 19.1 Å². The molecule has 1 rings (SSSR count). The SMILES string of the molecule is CC[C@@H]1CC[C@H](C)N(CC(Cl)C#N)C1. The van der Waals surface area contributed by atoms with Crippen LogP contribution in [0.25, 0.3) is 0 Å². The van der Waals surface area contributed by atoms with Crippen molar-refractivity contribution in [3.63, 3.8) is 0 Å². The summed E-state index contributed by atoms with van der Waals surface area (Å²) in [5.41, 5.74) is 0. The normalized spacial score (nSPS) is 31.0. The molecule has 1 aliphatic rings. The van der Waals surface area contributed by atoms with E-state index >= 15 is 0 Å². The molecule has 0 saturated carbocycles.